The second kappa shape index (κ2) is 4.68. The van der Waals surface area contributed by atoms with Crippen molar-refractivity contribution in [1.29, 1.82) is 0 Å². The van der Waals surface area contributed by atoms with Crippen LogP contribution in [0.3, 0.4) is 0 Å². The van der Waals surface area contributed by atoms with E-state index in [1.807, 2.05) is 24.3 Å². The van der Waals surface area contributed by atoms with Crippen LogP contribution in [0.1, 0.15) is 5.76 Å². The summed E-state index contributed by atoms with van der Waals surface area (Å²) in [7, 11) is 0. The SMILES string of the molecule is Clc1ccc(-c2cc(CBr)on2)cc1Br. The van der Waals surface area contributed by atoms with Gasteiger partial charge in [-0.3, -0.25) is 0 Å². The van der Waals surface area contributed by atoms with Crippen LogP contribution in [0.4, 0.5) is 0 Å². The van der Waals surface area contributed by atoms with Crippen LogP contribution in [0, 0.1) is 0 Å². The van der Waals surface area contributed by atoms with Crippen LogP contribution >= 0.6 is 43.5 Å². The summed E-state index contributed by atoms with van der Waals surface area (Å²) in [5, 5.41) is 5.30. The van der Waals surface area contributed by atoms with Gasteiger partial charge in [0.15, 0.2) is 0 Å². The first kappa shape index (κ1) is 11.2. The number of hydrogen-bond donors (Lipinski definition) is 0. The van der Waals surface area contributed by atoms with Crippen LogP contribution in [-0.4, -0.2) is 5.16 Å². The highest BCUT2D eigenvalue weighted by Crippen LogP contribution is 2.28. The van der Waals surface area contributed by atoms with E-state index in [0.717, 1.165) is 21.5 Å². The quantitative estimate of drug-likeness (QED) is 0.736. The molecule has 0 bridgehead atoms. The van der Waals surface area contributed by atoms with Crippen molar-refractivity contribution in [2.24, 2.45) is 0 Å². The molecule has 0 saturated heterocycles. The van der Waals surface area contributed by atoms with Crippen molar-refractivity contribution in [1.82, 2.24) is 5.16 Å². The molecule has 0 aliphatic heterocycles. The summed E-state index contributed by atoms with van der Waals surface area (Å²) >= 11 is 12.6. The first-order valence-electron chi connectivity index (χ1n) is 4.17. The average molecular weight is 351 g/mol. The van der Waals surface area contributed by atoms with Gasteiger partial charge in [0.1, 0.15) is 11.5 Å². The molecular formula is C10H6Br2ClNO. The van der Waals surface area contributed by atoms with Crippen molar-refractivity contribution >= 4 is 43.5 Å². The number of alkyl halides is 1. The van der Waals surface area contributed by atoms with Gasteiger partial charge in [0.25, 0.3) is 0 Å². The number of hydrogen-bond acceptors (Lipinski definition) is 2. The maximum Gasteiger partial charge on any atom is 0.147 e. The van der Waals surface area contributed by atoms with Crippen LogP contribution in [0.2, 0.25) is 5.02 Å². The predicted octanol–water partition coefficient (Wildman–Crippen LogP) is 4.65. The van der Waals surface area contributed by atoms with E-state index < -0.39 is 0 Å². The highest BCUT2D eigenvalue weighted by Gasteiger charge is 2.07. The van der Waals surface area contributed by atoms with Gasteiger partial charge >= 0.3 is 0 Å². The van der Waals surface area contributed by atoms with Crippen LogP contribution in [0.5, 0.6) is 0 Å². The zero-order chi connectivity index (χ0) is 10.8. The summed E-state index contributed by atoms with van der Waals surface area (Å²) in [5.41, 5.74) is 1.78. The monoisotopic (exact) mass is 349 g/mol. The number of aromatic nitrogens is 1. The van der Waals surface area contributed by atoms with Gasteiger partial charge in [0, 0.05) is 16.1 Å². The molecule has 1 aromatic heterocycles. The fourth-order valence-electron chi connectivity index (χ4n) is 1.17. The normalized spacial score (nSPS) is 10.6. The Hall–Kier alpha value is -0.320. The van der Waals surface area contributed by atoms with E-state index >= 15 is 0 Å². The van der Waals surface area contributed by atoms with Crippen LogP contribution in [-0.2, 0) is 5.33 Å². The number of nitrogens with zero attached hydrogens (tertiary/aromatic N) is 1. The minimum absolute atomic E-state index is 0.661. The summed E-state index contributed by atoms with van der Waals surface area (Å²) in [6.45, 7) is 0. The first-order chi connectivity index (χ1) is 7.20. The largest absolute Gasteiger partial charge is 0.360 e. The average Bonchev–Trinajstić information content (AvgIpc) is 2.70. The molecule has 2 aromatic rings. The minimum Gasteiger partial charge on any atom is -0.360 e. The van der Waals surface area contributed by atoms with Crippen LogP contribution in [0.25, 0.3) is 11.3 Å². The molecule has 0 atom stereocenters. The van der Waals surface area contributed by atoms with Crippen molar-refractivity contribution in [2.45, 2.75) is 5.33 Å². The second-order valence-electron chi connectivity index (χ2n) is 2.94. The van der Waals surface area contributed by atoms with E-state index in [4.69, 9.17) is 16.1 Å². The summed E-state index contributed by atoms with van der Waals surface area (Å²) in [4.78, 5) is 0. The van der Waals surface area contributed by atoms with Crippen molar-refractivity contribution in [3.63, 3.8) is 0 Å². The zero-order valence-corrected chi connectivity index (χ0v) is 11.4. The van der Waals surface area contributed by atoms with E-state index in [1.54, 1.807) is 0 Å². The second-order valence-corrected chi connectivity index (χ2v) is 4.76. The predicted molar refractivity (Wildman–Crippen MR) is 67.3 cm³/mol. The summed E-state index contributed by atoms with van der Waals surface area (Å²) in [6.07, 6.45) is 0. The summed E-state index contributed by atoms with van der Waals surface area (Å²) in [6, 6.07) is 7.54. The van der Waals surface area contributed by atoms with E-state index in [9.17, 15) is 0 Å². The Morgan fingerprint density at radius 3 is 2.73 bits per heavy atom. The standard InChI is InChI=1S/C10H6Br2ClNO/c11-5-7-4-10(14-15-7)6-1-2-9(13)8(12)3-6/h1-4H,5H2. The zero-order valence-electron chi connectivity index (χ0n) is 7.51. The van der Waals surface area contributed by atoms with E-state index in [1.165, 1.54) is 0 Å². The fraction of sp³-hybridized carbons (Fsp3) is 0.100. The van der Waals surface area contributed by atoms with E-state index in [0.29, 0.717) is 10.4 Å². The molecule has 0 aliphatic carbocycles. The third-order valence-corrected chi connectivity index (χ3v) is 3.67. The Morgan fingerprint density at radius 1 is 1.33 bits per heavy atom. The summed E-state index contributed by atoms with van der Waals surface area (Å²) < 4.78 is 5.95. The molecule has 2 nitrogen and oxygen atoms in total. The lowest BCUT2D eigenvalue weighted by atomic mass is 10.1. The van der Waals surface area contributed by atoms with Gasteiger partial charge in [-0.2, -0.15) is 0 Å². The lowest BCUT2D eigenvalue weighted by Gasteiger charge is -1.98. The Balaban J connectivity index is 2.40. The number of halogens is 3. The van der Waals surface area contributed by atoms with E-state index in [-0.39, 0.29) is 0 Å². The van der Waals surface area contributed by atoms with Gasteiger partial charge < -0.3 is 4.52 Å². The number of benzene rings is 1. The molecule has 0 radical (unpaired) electrons. The highest BCUT2D eigenvalue weighted by molar-refractivity contribution is 9.10. The Bertz CT molecular complexity index is 484. The van der Waals surface area contributed by atoms with Crippen LogP contribution in [0.15, 0.2) is 33.3 Å². The number of rotatable bonds is 2. The molecule has 0 unspecified atom stereocenters. The van der Waals surface area contributed by atoms with Gasteiger partial charge in [0.05, 0.1) is 10.4 Å². The van der Waals surface area contributed by atoms with Gasteiger partial charge in [-0.25, -0.2) is 0 Å². The molecule has 5 heteroatoms. The van der Waals surface area contributed by atoms with Crippen molar-refractivity contribution in [3.05, 3.63) is 39.5 Å². The summed E-state index contributed by atoms with van der Waals surface area (Å²) in [5.74, 6) is 0.802. The van der Waals surface area contributed by atoms with E-state index in [2.05, 4.69) is 37.0 Å². The van der Waals surface area contributed by atoms with Crippen molar-refractivity contribution < 1.29 is 4.52 Å². The van der Waals surface area contributed by atoms with Crippen LogP contribution < -0.4 is 0 Å². The molecule has 0 amide bonds. The molecule has 0 N–H and O–H groups in total. The Morgan fingerprint density at radius 2 is 2.13 bits per heavy atom. The Kier molecular flexibility index (Phi) is 3.49. The molecule has 0 saturated carbocycles. The maximum atomic E-state index is 5.90. The highest BCUT2D eigenvalue weighted by atomic mass is 79.9. The third kappa shape index (κ3) is 2.44. The first-order valence-corrected chi connectivity index (χ1v) is 6.47. The molecule has 15 heavy (non-hydrogen) atoms. The minimum atomic E-state index is 0.661. The maximum absolute atomic E-state index is 5.90. The van der Waals surface area contributed by atoms with Crippen molar-refractivity contribution in [2.75, 3.05) is 0 Å². The molecule has 78 valence electrons. The topological polar surface area (TPSA) is 26.0 Å². The smallest absolute Gasteiger partial charge is 0.147 e. The molecule has 0 aliphatic rings. The lowest BCUT2D eigenvalue weighted by molar-refractivity contribution is 0.398. The third-order valence-electron chi connectivity index (χ3n) is 1.91. The fourth-order valence-corrected chi connectivity index (χ4v) is 1.93. The molecular weight excluding hydrogens is 345 g/mol. The van der Waals surface area contributed by atoms with Gasteiger partial charge in [0.2, 0.25) is 0 Å². The van der Waals surface area contributed by atoms with Gasteiger partial charge in [-0.1, -0.05) is 38.8 Å². The molecule has 1 aromatic carbocycles. The molecule has 0 fully saturated rings. The lowest BCUT2D eigenvalue weighted by Crippen LogP contribution is -1.77. The molecule has 2 rings (SSSR count). The van der Waals surface area contributed by atoms with Gasteiger partial charge in [-0.05, 0) is 28.1 Å². The molecule has 1 heterocycles. The van der Waals surface area contributed by atoms with Gasteiger partial charge in [-0.15, -0.1) is 0 Å². The Labute approximate surface area is 109 Å². The molecule has 0 spiro atoms. The van der Waals surface area contributed by atoms with Crippen molar-refractivity contribution in [3.8, 4) is 11.3 Å².